The summed E-state index contributed by atoms with van der Waals surface area (Å²) < 4.78 is 1.82. The summed E-state index contributed by atoms with van der Waals surface area (Å²) in [6, 6.07) is 7.73. The van der Waals surface area contributed by atoms with Gasteiger partial charge in [-0.25, -0.2) is 4.68 Å². The topological polar surface area (TPSA) is 38.0 Å². The summed E-state index contributed by atoms with van der Waals surface area (Å²) in [4.78, 5) is 0. The van der Waals surface area contributed by atoms with Crippen LogP contribution in [0.3, 0.4) is 0 Å². The fraction of sp³-hybridized carbons (Fsp3) is 0.250. The lowest BCUT2D eigenvalue weighted by atomic mass is 10.1. The molecule has 1 aromatic carbocycles. The second-order valence-electron chi connectivity index (χ2n) is 3.73. The number of aryl methyl sites for hydroxylation is 1. The van der Waals surface area contributed by atoms with Crippen molar-refractivity contribution in [2.75, 3.05) is 0 Å². The van der Waals surface area contributed by atoms with Gasteiger partial charge in [0.1, 0.15) is 0 Å². The normalized spacial score (nSPS) is 12.7. The lowest BCUT2D eigenvalue weighted by Gasteiger charge is -2.06. The lowest BCUT2D eigenvalue weighted by Crippen LogP contribution is -1.96. The Labute approximate surface area is 89.0 Å². The second kappa shape index (κ2) is 3.87. The molecular formula is C12H14N2O. The first kappa shape index (κ1) is 9.93. The molecular weight excluding hydrogens is 188 g/mol. The zero-order valence-electron chi connectivity index (χ0n) is 8.88. The van der Waals surface area contributed by atoms with Crippen LogP contribution in [0.25, 0.3) is 5.69 Å². The standard InChI is InChI=1S/C12H14N2O/c1-9-7-13-14(8-9)12-5-3-11(4-6-12)10(2)15/h3-8,10,15H,1-2H3/t10-/m0/s1. The highest BCUT2D eigenvalue weighted by Gasteiger charge is 2.01. The molecule has 3 nitrogen and oxygen atoms in total. The van der Waals surface area contributed by atoms with E-state index in [0.717, 1.165) is 16.8 Å². The van der Waals surface area contributed by atoms with Crippen molar-refractivity contribution in [3.8, 4) is 5.69 Å². The Balaban J connectivity index is 2.31. The summed E-state index contributed by atoms with van der Waals surface area (Å²) in [6.07, 6.45) is 3.37. The van der Waals surface area contributed by atoms with Gasteiger partial charge in [-0.2, -0.15) is 5.10 Å². The molecule has 0 saturated carbocycles. The number of hydrogen-bond donors (Lipinski definition) is 1. The summed E-state index contributed by atoms with van der Waals surface area (Å²) in [5, 5.41) is 13.6. The number of aliphatic hydroxyl groups is 1. The monoisotopic (exact) mass is 202 g/mol. The number of nitrogens with zero attached hydrogens (tertiary/aromatic N) is 2. The lowest BCUT2D eigenvalue weighted by molar-refractivity contribution is 0.199. The van der Waals surface area contributed by atoms with Gasteiger partial charge in [0, 0.05) is 6.20 Å². The van der Waals surface area contributed by atoms with Gasteiger partial charge < -0.3 is 5.11 Å². The van der Waals surface area contributed by atoms with E-state index in [4.69, 9.17) is 0 Å². The molecule has 0 aliphatic heterocycles. The molecule has 0 aliphatic carbocycles. The maximum atomic E-state index is 9.37. The Bertz CT molecular complexity index is 443. The quantitative estimate of drug-likeness (QED) is 0.811. The van der Waals surface area contributed by atoms with E-state index >= 15 is 0 Å². The molecule has 0 saturated heterocycles. The molecule has 0 fully saturated rings. The van der Waals surface area contributed by atoms with E-state index in [-0.39, 0.29) is 0 Å². The highest BCUT2D eigenvalue weighted by molar-refractivity contribution is 5.34. The van der Waals surface area contributed by atoms with Crippen molar-refractivity contribution in [1.82, 2.24) is 9.78 Å². The van der Waals surface area contributed by atoms with Crippen LogP contribution in [0.1, 0.15) is 24.2 Å². The number of benzene rings is 1. The number of rotatable bonds is 2. The van der Waals surface area contributed by atoms with Crippen LogP contribution in [0.2, 0.25) is 0 Å². The van der Waals surface area contributed by atoms with E-state index in [1.54, 1.807) is 6.92 Å². The van der Waals surface area contributed by atoms with Gasteiger partial charge in [0.05, 0.1) is 18.0 Å². The van der Waals surface area contributed by atoms with Gasteiger partial charge in [-0.3, -0.25) is 0 Å². The minimum Gasteiger partial charge on any atom is -0.389 e. The molecule has 0 amide bonds. The van der Waals surface area contributed by atoms with Gasteiger partial charge in [-0.15, -0.1) is 0 Å². The van der Waals surface area contributed by atoms with Crippen LogP contribution in [0, 0.1) is 6.92 Å². The maximum Gasteiger partial charge on any atom is 0.0761 e. The fourth-order valence-electron chi connectivity index (χ4n) is 1.46. The molecule has 1 N–H and O–H groups in total. The van der Waals surface area contributed by atoms with Gasteiger partial charge in [0.2, 0.25) is 0 Å². The molecule has 0 aliphatic rings. The van der Waals surface area contributed by atoms with E-state index in [9.17, 15) is 5.11 Å². The van der Waals surface area contributed by atoms with Crippen molar-refractivity contribution in [2.24, 2.45) is 0 Å². The number of hydrogen-bond acceptors (Lipinski definition) is 2. The Morgan fingerprint density at radius 2 is 1.93 bits per heavy atom. The zero-order valence-corrected chi connectivity index (χ0v) is 8.88. The summed E-state index contributed by atoms with van der Waals surface area (Å²) in [5.41, 5.74) is 3.06. The minimum absolute atomic E-state index is 0.418. The molecule has 2 aromatic rings. The highest BCUT2D eigenvalue weighted by Crippen LogP contribution is 2.15. The van der Waals surface area contributed by atoms with Gasteiger partial charge in [0.15, 0.2) is 0 Å². The van der Waals surface area contributed by atoms with Crippen LogP contribution in [-0.2, 0) is 0 Å². The Kier molecular flexibility index (Phi) is 2.56. The first-order valence-corrected chi connectivity index (χ1v) is 4.96. The van der Waals surface area contributed by atoms with Crippen molar-refractivity contribution in [2.45, 2.75) is 20.0 Å². The molecule has 78 valence electrons. The largest absolute Gasteiger partial charge is 0.389 e. The van der Waals surface area contributed by atoms with Crippen molar-refractivity contribution in [3.05, 3.63) is 47.8 Å². The van der Waals surface area contributed by atoms with E-state index in [2.05, 4.69) is 5.10 Å². The minimum atomic E-state index is -0.418. The van der Waals surface area contributed by atoms with E-state index in [1.165, 1.54) is 0 Å². The van der Waals surface area contributed by atoms with Crippen molar-refractivity contribution in [3.63, 3.8) is 0 Å². The molecule has 2 rings (SSSR count). The summed E-state index contributed by atoms with van der Waals surface area (Å²) in [7, 11) is 0. The molecule has 0 bridgehead atoms. The van der Waals surface area contributed by atoms with E-state index in [1.807, 2.05) is 48.3 Å². The molecule has 0 unspecified atom stereocenters. The van der Waals surface area contributed by atoms with Gasteiger partial charge >= 0.3 is 0 Å². The first-order chi connectivity index (χ1) is 7.16. The third-order valence-corrected chi connectivity index (χ3v) is 2.35. The maximum absolute atomic E-state index is 9.37. The smallest absolute Gasteiger partial charge is 0.0761 e. The van der Waals surface area contributed by atoms with Crippen LogP contribution < -0.4 is 0 Å². The highest BCUT2D eigenvalue weighted by atomic mass is 16.3. The van der Waals surface area contributed by atoms with Crippen LogP contribution in [0.15, 0.2) is 36.7 Å². The third kappa shape index (κ3) is 2.07. The summed E-state index contributed by atoms with van der Waals surface area (Å²) in [6.45, 7) is 3.76. The van der Waals surface area contributed by atoms with Crippen molar-refractivity contribution in [1.29, 1.82) is 0 Å². The molecule has 1 heterocycles. The Hall–Kier alpha value is -1.61. The molecule has 1 atom stereocenters. The van der Waals surface area contributed by atoms with E-state index < -0.39 is 6.10 Å². The second-order valence-corrected chi connectivity index (χ2v) is 3.73. The SMILES string of the molecule is Cc1cnn(-c2ccc([C@H](C)O)cc2)c1. The van der Waals surface area contributed by atoms with E-state index in [0.29, 0.717) is 0 Å². The summed E-state index contributed by atoms with van der Waals surface area (Å²) in [5.74, 6) is 0. The first-order valence-electron chi connectivity index (χ1n) is 4.96. The van der Waals surface area contributed by atoms with Crippen LogP contribution in [0.5, 0.6) is 0 Å². The van der Waals surface area contributed by atoms with Gasteiger partial charge in [-0.1, -0.05) is 12.1 Å². The predicted molar refractivity (Wildman–Crippen MR) is 58.9 cm³/mol. The van der Waals surface area contributed by atoms with Crippen LogP contribution >= 0.6 is 0 Å². The average molecular weight is 202 g/mol. The zero-order chi connectivity index (χ0) is 10.8. The third-order valence-electron chi connectivity index (χ3n) is 2.35. The molecule has 0 spiro atoms. The summed E-state index contributed by atoms with van der Waals surface area (Å²) >= 11 is 0. The van der Waals surface area contributed by atoms with Gasteiger partial charge in [-0.05, 0) is 37.1 Å². The van der Waals surface area contributed by atoms with Gasteiger partial charge in [0.25, 0.3) is 0 Å². The fourth-order valence-corrected chi connectivity index (χ4v) is 1.46. The molecule has 15 heavy (non-hydrogen) atoms. The molecule has 1 aromatic heterocycles. The predicted octanol–water partition coefficient (Wildman–Crippen LogP) is 2.23. The Morgan fingerprint density at radius 3 is 2.40 bits per heavy atom. The van der Waals surface area contributed by atoms with Crippen molar-refractivity contribution >= 4 is 0 Å². The molecule has 0 radical (unpaired) electrons. The average Bonchev–Trinajstić information content (AvgIpc) is 2.65. The number of aliphatic hydroxyl groups excluding tert-OH is 1. The molecule has 3 heteroatoms. The van der Waals surface area contributed by atoms with Crippen molar-refractivity contribution < 1.29 is 5.11 Å². The van der Waals surface area contributed by atoms with Crippen LogP contribution in [-0.4, -0.2) is 14.9 Å². The number of aromatic nitrogens is 2. The Morgan fingerprint density at radius 1 is 1.27 bits per heavy atom. The van der Waals surface area contributed by atoms with Crippen LogP contribution in [0.4, 0.5) is 0 Å².